The minimum Gasteiger partial charge on any atom is -0.490 e. The molecule has 1 heterocycles. The molecule has 4 heteroatoms. The van der Waals surface area contributed by atoms with Crippen molar-refractivity contribution >= 4 is 0 Å². The monoisotopic (exact) mass is 261 g/mol. The van der Waals surface area contributed by atoms with E-state index in [2.05, 4.69) is 0 Å². The van der Waals surface area contributed by atoms with Gasteiger partial charge in [-0.15, -0.1) is 0 Å². The van der Waals surface area contributed by atoms with Gasteiger partial charge in [0, 0.05) is 0 Å². The van der Waals surface area contributed by atoms with Gasteiger partial charge in [0.05, 0.1) is 12.6 Å². The second-order valence-electron chi connectivity index (χ2n) is 4.25. The summed E-state index contributed by atoms with van der Waals surface area (Å²) < 4.78 is 16.7. The summed E-state index contributed by atoms with van der Waals surface area (Å²) >= 11 is 0. The van der Waals surface area contributed by atoms with Crippen LogP contribution in [0, 0.1) is 6.92 Å². The fourth-order valence-corrected chi connectivity index (χ4v) is 1.76. The predicted octanol–water partition coefficient (Wildman–Crippen LogP) is 3.07. The van der Waals surface area contributed by atoms with E-state index in [1.165, 1.54) is 0 Å². The summed E-state index contributed by atoms with van der Waals surface area (Å²) in [5.74, 6) is 3.00. The molecular formula is C15H19NO3. The molecule has 0 aliphatic heterocycles. The van der Waals surface area contributed by atoms with E-state index in [9.17, 15) is 0 Å². The Morgan fingerprint density at radius 1 is 1.11 bits per heavy atom. The van der Waals surface area contributed by atoms with Gasteiger partial charge < -0.3 is 19.6 Å². The van der Waals surface area contributed by atoms with Crippen molar-refractivity contribution in [1.82, 2.24) is 0 Å². The Bertz CT molecular complexity index is 522. The van der Waals surface area contributed by atoms with E-state index in [1.807, 2.05) is 50.2 Å². The number of nitrogens with two attached hydrogens (primary N) is 1. The molecule has 19 heavy (non-hydrogen) atoms. The van der Waals surface area contributed by atoms with Crippen molar-refractivity contribution in [3.8, 4) is 11.5 Å². The second-order valence-corrected chi connectivity index (χ2v) is 4.25. The molecular weight excluding hydrogens is 242 g/mol. The third-order valence-corrected chi connectivity index (χ3v) is 2.69. The van der Waals surface area contributed by atoms with Gasteiger partial charge in [-0.25, -0.2) is 0 Å². The van der Waals surface area contributed by atoms with E-state index < -0.39 is 0 Å². The number of hydrogen-bond donors (Lipinski definition) is 1. The Morgan fingerprint density at radius 2 is 1.79 bits per heavy atom. The van der Waals surface area contributed by atoms with Crippen LogP contribution < -0.4 is 15.2 Å². The minimum atomic E-state index is -0.289. The zero-order chi connectivity index (χ0) is 13.7. The molecule has 2 N–H and O–H groups in total. The molecule has 1 unspecified atom stereocenters. The van der Waals surface area contributed by atoms with Crippen LogP contribution in [0.3, 0.4) is 0 Å². The summed E-state index contributed by atoms with van der Waals surface area (Å²) in [4.78, 5) is 0. The first-order valence-corrected chi connectivity index (χ1v) is 6.37. The van der Waals surface area contributed by atoms with E-state index in [0.29, 0.717) is 19.0 Å². The van der Waals surface area contributed by atoms with Crippen molar-refractivity contribution < 1.29 is 13.9 Å². The Hall–Kier alpha value is -1.94. The molecule has 0 spiro atoms. The zero-order valence-electron chi connectivity index (χ0n) is 11.3. The van der Waals surface area contributed by atoms with E-state index in [1.54, 1.807) is 0 Å². The van der Waals surface area contributed by atoms with Gasteiger partial charge in [0.15, 0.2) is 11.5 Å². The maximum absolute atomic E-state index is 6.02. The molecule has 0 aliphatic rings. The topological polar surface area (TPSA) is 57.6 Å². The Balaban J connectivity index is 1.98. The van der Waals surface area contributed by atoms with E-state index in [0.717, 1.165) is 17.3 Å². The minimum absolute atomic E-state index is 0.289. The maximum atomic E-state index is 6.02. The normalized spacial score (nSPS) is 12.2. The van der Waals surface area contributed by atoms with Crippen molar-refractivity contribution in [2.24, 2.45) is 5.73 Å². The van der Waals surface area contributed by atoms with Crippen molar-refractivity contribution in [3.63, 3.8) is 0 Å². The molecule has 0 aliphatic carbocycles. The van der Waals surface area contributed by atoms with Crippen molar-refractivity contribution in [1.29, 1.82) is 0 Å². The van der Waals surface area contributed by atoms with Crippen molar-refractivity contribution in [3.05, 3.63) is 47.9 Å². The number of para-hydroxylation sites is 2. The number of ether oxygens (including phenoxy) is 2. The average molecular weight is 261 g/mol. The number of rotatable bonds is 6. The van der Waals surface area contributed by atoms with Crippen LogP contribution in [-0.2, 0) is 0 Å². The lowest BCUT2D eigenvalue weighted by atomic mass is 10.2. The number of furan rings is 1. The van der Waals surface area contributed by atoms with Gasteiger partial charge in [-0.1, -0.05) is 12.1 Å². The van der Waals surface area contributed by atoms with Crippen LogP contribution in [0.25, 0.3) is 0 Å². The van der Waals surface area contributed by atoms with Crippen LogP contribution in [-0.4, -0.2) is 13.2 Å². The summed E-state index contributed by atoms with van der Waals surface area (Å²) in [7, 11) is 0. The molecule has 4 nitrogen and oxygen atoms in total. The first kappa shape index (κ1) is 13.5. The molecule has 102 valence electrons. The molecule has 2 rings (SSSR count). The molecule has 0 saturated carbocycles. The second kappa shape index (κ2) is 6.29. The molecule has 2 aromatic rings. The Morgan fingerprint density at radius 3 is 2.37 bits per heavy atom. The van der Waals surface area contributed by atoms with Gasteiger partial charge in [-0.3, -0.25) is 0 Å². The maximum Gasteiger partial charge on any atom is 0.161 e. The Kier molecular flexibility index (Phi) is 4.47. The highest BCUT2D eigenvalue weighted by molar-refractivity contribution is 5.39. The molecule has 0 radical (unpaired) electrons. The van der Waals surface area contributed by atoms with Gasteiger partial charge in [0.25, 0.3) is 0 Å². The number of aryl methyl sites for hydroxylation is 1. The lowest BCUT2D eigenvalue weighted by Gasteiger charge is -2.14. The van der Waals surface area contributed by atoms with Crippen molar-refractivity contribution in [2.75, 3.05) is 13.2 Å². The van der Waals surface area contributed by atoms with Crippen LogP contribution in [0.15, 0.2) is 40.8 Å². The van der Waals surface area contributed by atoms with E-state index in [-0.39, 0.29) is 6.04 Å². The highest BCUT2D eigenvalue weighted by atomic mass is 16.5. The highest BCUT2D eigenvalue weighted by Gasteiger charge is 2.12. The molecule has 1 atom stereocenters. The van der Waals surface area contributed by atoms with Gasteiger partial charge in [-0.2, -0.15) is 0 Å². The lowest BCUT2D eigenvalue weighted by molar-refractivity contribution is 0.249. The SMILES string of the molecule is CCOc1ccccc1OCC(N)c1ccc(C)o1. The number of hydrogen-bond acceptors (Lipinski definition) is 4. The Labute approximate surface area is 113 Å². The highest BCUT2D eigenvalue weighted by Crippen LogP contribution is 2.27. The summed E-state index contributed by atoms with van der Waals surface area (Å²) in [6, 6.07) is 11.0. The standard InChI is InChI=1S/C15H19NO3/c1-3-17-14-6-4-5-7-15(14)18-10-12(16)13-9-8-11(2)19-13/h4-9,12H,3,10,16H2,1-2H3. The van der Waals surface area contributed by atoms with Gasteiger partial charge in [0.2, 0.25) is 0 Å². The fraction of sp³-hybridized carbons (Fsp3) is 0.333. The lowest BCUT2D eigenvalue weighted by Crippen LogP contribution is -2.18. The van der Waals surface area contributed by atoms with Gasteiger partial charge >= 0.3 is 0 Å². The van der Waals surface area contributed by atoms with E-state index in [4.69, 9.17) is 19.6 Å². The summed E-state index contributed by atoms with van der Waals surface area (Å²) in [6.45, 7) is 4.77. The third-order valence-electron chi connectivity index (χ3n) is 2.69. The van der Waals surface area contributed by atoms with E-state index >= 15 is 0 Å². The van der Waals surface area contributed by atoms with Crippen LogP contribution in [0.2, 0.25) is 0 Å². The largest absolute Gasteiger partial charge is 0.490 e. The van der Waals surface area contributed by atoms with Crippen molar-refractivity contribution in [2.45, 2.75) is 19.9 Å². The summed E-state index contributed by atoms with van der Waals surface area (Å²) in [5.41, 5.74) is 6.02. The van der Waals surface area contributed by atoms with Gasteiger partial charge in [-0.05, 0) is 38.1 Å². The number of benzene rings is 1. The first-order valence-electron chi connectivity index (χ1n) is 6.37. The van der Waals surface area contributed by atoms with Crippen LogP contribution >= 0.6 is 0 Å². The smallest absolute Gasteiger partial charge is 0.161 e. The molecule has 0 saturated heterocycles. The average Bonchev–Trinajstić information content (AvgIpc) is 2.84. The van der Waals surface area contributed by atoms with Crippen LogP contribution in [0.5, 0.6) is 11.5 Å². The molecule has 0 fully saturated rings. The summed E-state index contributed by atoms with van der Waals surface area (Å²) in [5, 5.41) is 0. The molecule has 0 amide bonds. The first-order chi connectivity index (χ1) is 9.20. The van der Waals surface area contributed by atoms with Gasteiger partial charge in [0.1, 0.15) is 18.1 Å². The fourth-order valence-electron chi connectivity index (χ4n) is 1.76. The summed E-state index contributed by atoms with van der Waals surface area (Å²) in [6.07, 6.45) is 0. The quantitative estimate of drug-likeness (QED) is 0.868. The van der Waals surface area contributed by atoms with Crippen LogP contribution in [0.4, 0.5) is 0 Å². The molecule has 0 bridgehead atoms. The predicted molar refractivity (Wildman–Crippen MR) is 73.5 cm³/mol. The zero-order valence-corrected chi connectivity index (χ0v) is 11.3. The molecule has 1 aromatic carbocycles. The molecule has 1 aromatic heterocycles. The van der Waals surface area contributed by atoms with Crippen LogP contribution in [0.1, 0.15) is 24.5 Å². The third kappa shape index (κ3) is 3.51.